The summed E-state index contributed by atoms with van der Waals surface area (Å²) in [7, 11) is 0. The number of carbonyl (C=O) groups is 1. The molecule has 0 aromatic rings. The Balaban J connectivity index is 1.54. The van der Waals surface area contributed by atoms with Crippen LogP contribution in [0.2, 0.25) is 0 Å². The van der Waals surface area contributed by atoms with E-state index in [4.69, 9.17) is 4.74 Å². The van der Waals surface area contributed by atoms with Crippen molar-refractivity contribution in [1.82, 2.24) is 10.6 Å². The third-order valence-electron chi connectivity index (χ3n) is 5.33. The molecule has 3 fully saturated rings. The molecular formula is C16H28N2O2S. The molecule has 2 N–H and O–H groups in total. The van der Waals surface area contributed by atoms with E-state index >= 15 is 0 Å². The fraction of sp³-hybridized carbons (Fsp3) is 0.938. The third kappa shape index (κ3) is 3.74. The van der Waals surface area contributed by atoms with Crippen molar-refractivity contribution in [2.75, 3.05) is 13.2 Å². The summed E-state index contributed by atoms with van der Waals surface area (Å²) in [6.45, 7) is 6.29. The molecule has 0 aromatic carbocycles. The molecular weight excluding hydrogens is 284 g/mol. The summed E-state index contributed by atoms with van der Waals surface area (Å²) < 4.78 is 5.41. The fourth-order valence-corrected chi connectivity index (χ4v) is 5.25. The van der Waals surface area contributed by atoms with Gasteiger partial charge in [-0.15, -0.1) is 11.8 Å². The zero-order valence-electron chi connectivity index (χ0n) is 13.1. The molecule has 5 atom stereocenters. The first-order valence-electron chi connectivity index (χ1n) is 8.43. The quantitative estimate of drug-likeness (QED) is 0.840. The van der Waals surface area contributed by atoms with Gasteiger partial charge in [0.05, 0.1) is 5.25 Å². The number of ether oxygens (including phenoxy) is 1. The van der Waals surface area contributed by atoms with Crippen molar-refractivity contribution < 1.29 is 9.53 Å². The van der Waals surface area contributed by atoms with E-state index in [1.165, 1.54) is 19.3 Å². The van der Waals surface area contributed by atoms with Crippen LogP contribution in [0.5, 0.6) is 0 Å². The summed E-state index contributed by atoms with van der Waals surface area (Å²) in [6.07, 6.45) is 5.92. The highest BCUT2D eigenvalue weighted by Gasteiger charge is 2.40. The minimum absolute atomic E-state index is 0.100. The molecule has 0 spiro atoms. The number of hydrogen-bond acceptors (Lipinski definition) is 4. The average molecular weight is 312 g/mol. The Hall–Kier alpha value is -0.260. The monoisotopic (exact) mass is 312 g/mol. The first-order valence-corrected chi connectivity index (χ1v) is 9.37. The Bertz CT molecular complexity index is 373. The van der Waals surface area contributed by atoms with Crippen LogP contribution in [0.3, 0.4) is 0 Å². The van der Waals surface area contributed by atoms with Crippen molar-refractivity contribution in [3.05, 3.63) is 0 Å². The number of amides is 1. The van der Waals surface area contributed by atoms with Crippen LogP contribution in [0.25, 0.3) is 0 Å². The summed E-state index contributed by atoms with van der Waals surface area (Å²) in [6, 6.07) is 0.542. The minimum atomic E-state index is 0.100. The van der Waals surface area contributed by atoms with E-state index in [1.54, 1.807) is 11.8 Å². The van der Waals surface area contributed by atoms with Crippen molar-refractivity contribution in [3.63, 3.8) is 0 Å². The van der Waals surface area contributed by atoms with Gasteiger partial charge in [-0.3, -0.25) is 10.1 Å². The van der Waals surface area contributed by atoms with Crippen LogP contribution in [0, 0.1) is 17.8 Å². The van der Waals surface area contributed by atoms with Crippen LogP contribution in [-0.2, 0) is 9.53 Å². The summed E-state index contributed by atoms with van der Waals surface area (Å²) >= 11 is 1.79. The molecule has 0 bridgehead atoms. The van der Waals surface area contributed by atoms with Gasteiger partial charge in [-0.2, -0.15) is 0 Å². The number of thioether (sulfide) groups is 1. The third-order valence-corrected chi connectivity index (χ3v) is 6.75. The number of nitrogens with one attached hydrogen (secondary N) is 2. The van der Waals surface area contributed by atoms with Crippen LogP contribution in [0.15, 0.2) is 0 Å². The van der Waals surface area contributed by atoms with Crippen LogP contribution < -0.4 is 10.6 Å². The van der Waals surface area contributed by atoms with Gasteiger partial charge in [0.15, 0.2) is 0 Å². The van der Waals surface area contributed by atoms with Crippen LogP contribution in [-0.4, -0.2) is 35.9 Å². The van der Waals surface area contributed by atoms with Gasteiger partial charge >= 0.3 is 0 Å². The van der Waals surface area contributed by atoms with E-state index < -0.39 is 0 Å². The predicted octanol–water partition coefficient (Wildman–Crippen LogP) is 2.34. The molecule has 1 amide bonds. The second-order valence-electron chi connectivity index (χ2n) is 7.06. The van der Waals surface area contributed by atoms with Gasteiger partial charge in [0.1, 0.15) is 5.50 Å². The molecule has 3 rings (SSSR count). The lowest BCUT2D eigenvalue weighted by atomic mass is 9.80. The van der Waals surface area contributed by atoms with E-state index in [0.717, 1.165) is 32.0 Å². The highest BCUT2D eigenvalue weighted by Crippen LogP contribution is 2.35. The molecule has 1 aliphatic carbocycles. The first-order chi connectivity index (χ1) is 10.1. The van der Waals surface area contributed by atoms with Gasteiger partial charge in [0.2, 0.25) is 5.91 Å². The maximum atomic E-state index is 12.3. The highest BCUT2D eigenvalue weighted by molar-refractivity contribution is 8.01. The van der Waals surface area contributed by atoms with Crippen LogP contribution >= 0.6 is 11.8 Å². The lowest BCUT2D eigenvalue weighted by Crippen LogP contribution is -2.48. The second kappa shape index (κ2) is 6.88. The standard InChI is InChI=1S/C16H28N2O2S/c1-10-3-4-11(2)13(9-10)17-16-18-15(19)14(21-16)12-5-7-20-8-6-12/h10-14,16-17H,3-9H2,1-2H3,(H,18,19)/t10-,11?,13-,14?,16?/m0/s1. The number of hydrogen-bond donors (Lipinski definition) is 2. The van der Waals surface area contributed by atoms with Gasteiger partial charge in [-0.1, -0.05) is 20.3 Å². The molecule has 3 aliphatic rings. The van der Waals surface area contributed by atoms with Crippen molar-refractivity contribution in [3.8, 4) is 0 Å². The Labute approximate surface area is 132 Å². The lowest BCUT2D eigenvalue weighted by molar-refractivity contribution is -0.121. The predicted molar refractivity (Wildman–Crippen MR) is 86.0 cm³/mol. The van der Waals surface area contributed by atoms with E-state index in [0.29, 0.717) is 17.9 Å². The normalized spacial score (nSPS) is 42.0. The molecule has 2 heterocycles. The van der Waals surface area contributed by atoms with Gasteiger partial charge in [0.25, 0.3) is 0 Å². The summed E-state index contributed by atoms with van der Waals surface area (Å²) in [4.78, 5) is 12.3. The van der Waals surface area contributed by atoms with Gasteiger partial charge in [-0.05, 0) is 43.4 Å². The van der Waals surface area contributed by atoms with E-state index in [-0.39, 0.29) is 16.7 Å². The van der Waals surface area contributed by atoms with Crippen molar-refractivity contribution >= 4 is 17.7 Å². The molecule has 4 nitrogen and oxygen atoms in total. The maximum absolute atomic E-state index is 12.3. The Morgan fingerprint density at radius 1 is 1.19 bits per heavy atom. The Morgan fingerprint density at radius 2 is 1.95 bits per heavy atom. The zero-order chi connectivity index (χ0) is 14.8. The highest BCUT2D eigenvalue weighted by atomic mass is 32.2. The minimum Gasteiger partial charge on any atom is -0.381 e. The fourth-order valence-electron chi connectivity index (χ4n) is 3.84. The summed E-state index contributed by atoms with van der Waals surface area (Å²) in [5.74, 6) is 2.21. The molecule has 3 unspecified atom stereocenters. The van der Waals surface area contributed by atoms with E-state index in [2.05, 4.69) is 24.5 Å². The van der Waals surface area contributed by atoms with Crippen LogP contribution in [0.4, 0.5) is 0 Å². The number of rotatable bonds is 3. The second-order valence-corrected chi connectivity index (χ2v) is 8.32. The number of carbonyl (C=O) groups excluding carboxylic acids is 1. The smallest absolute Gasteiger partial charge is 0.235 e. The molecule has 2 saturated heterocycles. The SMILES string of the molecule is CC1CC[C@H](C)C[C@@H]1NC1NC(=O)C(C2CCOCC2)S1. The molecule has 2 aliphatic heterocycles. The molecule has 1 saturated carbocycles. The molecule has 0 radical (unpaired) electrons. The Kier molecular flexibility index (Phi) is 5.12. The lowest BCUT2D eigenvalue weighted by Gasteiger charge is -2.35. The molecule has 0 aromatic heterocycles. The molecule has 21 heavy (non-hydrogen) atoms. The van der Waals surface area contributed by atoms with Crippen molar-refractivity contribution in [1.29, 1.82) is 0 Å². The zero-order valence-corrected chi connectivity index (χ0v) is 14.0. The van der Waals surface area contributed by atoms with E-state index in [9.17, 15) is 4.79 Å². The van der Waals surface area contributed by atoms with Crippen molar-refractivity contribution in [2.24, 2.45) is 17.8 Å². The average Bonchev–Trinajstić information content (AvgIpc) is 2.84. The van der Waals surface area contributed by atoms with Crippen LogP contribution in [0.1, 0.15) is 46.0 Å². The molecule has 120 valence electrons. The van der Waals surface area contributed by atoms with Gasteiger partial charge in [-0.25, -0.2) is 0 Å². The largest absolute Gasteiger partial charge is 0.381 e. The summed E-state index contributed by atoms with van der Waals surface area (Å²) in [5, 5.41) is 6.97. The Morgan fingerprint density at radius 3 is 2.71 bits per heavy atom. The summed E-state index contributed by atoms with van der Waals surface area (Å²) in [5.41, 5.74) is 0.100. The van der Waals surface area contributed by atoms with Gasteiger partial charge in [0, 0.05) is 19.3 Å². The van der Waals surface area contributed by atoms with Gasteiger partial charge < -0.3 is 10.1 Å². The molecule has 5 heteroatoms. The topological polar surface area (TPSA) is 50.4 Å². The van der Waals surface area contributed by atoms with Crippen molar-refractivity contribution in [2.45, 2.75) is 62.7 Å². The first kappa shape index (κ1) is 15.6. The maximum Gasteiger partial charge on any atom is 0.235 e. The van der Waals surface area contributed by atoms with E-state index in [1.807, 2.05) is 0 Å².